The molecule has 0 aliphatic heterocycles. The summed E-state index contributed by atoms with van der Waals surface area (Å²) in [5.41, 5.74) is 8.43. The van der Waals surface area contributed by atoms with Crippen molar-refractivity contribution >= 4 is 5.84 Å². The molecule has 1 aliphatic carbocycles. The molecule has 18 heavy (non-hydrogen) atoms. The van der Waals surface area contributed by atoms with E-state index < -0.39 is 0 Å². The molecule has 0 saturated heterocycles. The Bertz CT molecular complexity index is 425. The molecule has 98 valence electrons. The second kappa shape index (κ2) is 5.42. The van der Waals surface area contributed by atoms with E-state index in [1.165, 1.54) is 25.7 Å². The van der Waals surface area contributed by atoms with Crippen molar-refractivity contribution in [3.8, 4) is 5.75 Å². The summed E-state index contributed by atoms with van der Waals surface area (Å²) in [6.45, 7) is 4.86. The van der Waals surface area contributed by atoms with E-state index in [-0.39, 0.29) is 5.84 Å². The Labute approximate surface area is 109 Å². The maximum Gasteiger partial charge on any atom is 0.125 e. The first-order valence-electron chi connectivity index (χ1n) is 6.66. The Balaban J connectivity index is 2.10. The van der Waals surface area contributed by atoms with Gasteiger partial charge in [0, 0.05) is 5.56 Å². The quantitative estimate of drug-likeness (QED) is 0.633. The summed E-state index contributed by atoms with van der Waals surface area (Å²) in [7, 11) is 0. The molecule has 0 spiro atoms. The second-order valence-electron chi connectivity index (χ2n) is 5.31. The van der Waals surface area contributed by atoms with Gasteiger partial charge < -0.3 is 10.5 Å². The van der Waals surface area contributed by atoms with Crippen LogP contribution in [-0.4, -0.2) is 12.4 Å². The number of amidine groups is 1. The third kappa shape index (κ3) is 2.84. The van der Waals surface area contributed by atoms with Gasteiger partial charge in [0.05, 0.1) is 6.61 Å². The van der Waals surface area contributed by atoms with E-state index >= 15 is 0 Å². The van der Waals surface area contributed by atoms with Crippen molar-refractivity contribution in [2.45, 2.75) is 39.5 Å². The van der Waals surface area contributed by atoms with Crippen LogP contribution in [0.25, 0.3) is 0 Å². The number of hydrogen-bond donors (Lipinski definition) is 2. The Hall–Kier alpha value is -1.51. The molecule has 3 nitrogen and oxygen atoms in total. The highest BCUT2D eigenvalue weighted by Crippen LogP contribution is 2.29. The summed E-state index contributed by atoms with van der Waals surface area (Å²) < 4.78 is 5.97. The highest BCUT2D eigenvalue weighted by atomic mass is 16.5. The van der Waals surface area contributed by atoms with Crippen LogP contribution < -0.4 is 10.5 Å². The monoisotopic (exact) mass is 246 g/mol. The summed E-state index contributed by atoms with van der Waals surface area (Å²) in [4.78, 5) is 0. The fourth-order valence-corrected chi connectivity index (χ4v) is 2.71. The number of nitrogens with one attached hydrogen (secondary N) is 1. The van der Waals surface area contributed by atoms with Crippen LogP contribution in [0.15, 0.2) is 12.1 Å². The smallest absolute Gasteiger partial charge is 0.125 e. The summed E-state index contributed by atoms with van der Waals surface area (Å²) in [6, 6.07) is 3.86. The topological polar surface area (TPSA) is 59.1 Å². The van der Waals surface area contributed by atoms with Gasteiger partial charge in [-0.3, -0.25) is 5.41 Å². The van der Waals surface area contributed by atoms with Crippen molar-refractivity contribution in [1.29, 1.82) is 5.41 Å². The van der Waals surface area contributed by atoms with E-state index in [0.29, 0.717) is 0 Å². The Morgan fingerprint density at radius 1 is 1.28 bits per heavy atom. The molecule has 1 aliphatic rings. The van der Waals surface area contributed by atoms with Crippen LogP contribution >= 0.6 is 0 Å². The van der Waals surface area contributed by atoms with Crippen molar-refractivity contribution in [2.24, 2.45) is 11.7 Å². The van der Waals surface area contributed by atoms with Gasteiger partial charge in [0.1, 0.15) is 11.6 Å². The van der Waals surface area contributed by atoms with Crippen molar-refractivity contribution in [3.05, 3.63) is 28.8 Å². The number of nitrogens with two attached hydrogens (primary N) is 1. The lowest BCUT2D eigenvalue weighted by atomic mass is 10.0. The average molecular weight is 246 g/mol. The van der Waals surface area contributed by atoms with E-state index in [1.807, 2.05) is 26.0 Å². The van der Waals surface area contributed by atoms with Gasteiger partial charge in [-0.2, -0.15) is 0 Å². The second-order valence-corrected chi connectivity index (χ2v) is 5.31. The van der Waals surface area contributed by atoms with Crippen molar-refractivity contribution in [2.75, 3.05) is 6.61 Å². The molecule has 0 bridgehead atoms. The maximum absolute atomic E-state index is 7.47. The Morgan fingerprint density at radius 2 is 1.83 bits per heavy atom. The minimum atomic E-state index is 0.114. The van der Waals surface area contributed by atoms with Crippen LogP contribution in [0.5, 0.6) is 5.75 Å². The molecule has 0 unspecified atom stereocenters. The predicted molar refractivity (Wildman–Crippen MR) is 74.4 cm³/mol. The minimum absolute atomic E-state index is 0.114. The molecule has 0 atom stereocenters. The Morgan fingerprint density at radius 3 is 2.33 bits per heavy atom. The standard InChI is InChI=1S/C15H22N2O/c1-10-7-13(15(16)17)8-11(2)14(10)18-9-12-5-3-4-6-12/h7-8,12H,3-6,9H2,1-2H3,(H3,16,17). The fourth-order valence-electron chi connectivity index (χ4n) is 2.71. The number of ether oxygens (including phenoxy) is 1. The van der Waals surface area contributed by atoms with Gasteiger partial charge in [-0.05, 0) is 55.9 Å². The molecular formula is C15H22N2O. The lowest BCUT2D eigenvalue weighted by molar-refractivity contribution is 0.249. The molecule has 1 aromatic carbocycles. The lowest BCUT2D eigenvalue weighted by Crippen LogP contribution is -2.13. The Kier molecular flexibility index (Phi) is 3.90. The highest BCUT2D eigenvalue weighted by Gasteiger charge is 2.16. The summed E-state index contributed by atoms with van der Waals surface area (Å²) >= 11 is 0. The van der Waals surface area contributed by atoms with E-state index in [2.05, 4.69) is 0 Å². The lowest BCUT2D eigenvalue weighted by Gasteiger charge is -2.16. The molecule has 0 radical (unpaired) electrons. The molecule has 3 N–H and O–H groups in total. The van der Waals surface area contributed by atoms with Crippen LogP contribution in [0.4, 0.5) is 0 Å². The van der Waals surface area contributed by atoms with E-state index in [1.54, 1.807) is 0 Å². The third-order valence-electron chi connectivity index (χ3n) is 3.71. The van der Waals surface area contributed by atoms with Gasteiger partial charge in [0.2, 0.25) is 0 Å². The zero-order valence-electron chi connectivity index (χ0n) is 11.3. The molecule has 0 aromatic heterocycles. The highest BCUT2D eigenvalue weighted by molar-refractivity contribution is 5.95. The average Bonchev–Trinajstić information content (AvgIpc) is 2.80. The third-order valence-corrected chi connectivity index (χ3v) is 3.71. The van der Waals surface area contributed by atoms with Gasteiger partial charge in [-0.1, -0.05) is 12.8 Å². The molecule has 1 saturated carbocycles. The molecule has 0 heterocycles. The van der Waals surface area contributed by atoms with Gasteiger partial charge >= 0.3 is 0 Å². The largest absolute Gasteiger partial charge is 0.493 e. The summed E-state index contributed by atoms with van der Waals surface area (Å²) in [6.07, 6.45) is 5.28. The van der Waals surface area contributed by atoms with Crippen LogP contribution in [0.1, 0.15) is 42.4 Å². The number of nitrogen functional groups attached to an aromatic ring is 1. The number of rotatable bonds is 4. The molecule has 3 heteroatoms. The molecular weight excluding hydrogens is 224 g/mol. The van der Waals surface area contributed by atoms with Crippen molar-refractivity contribution in [3.63, 3.8) is 0 Å². The van der Waals surface area contributed by atoms with Gasteiger partial charge in [0.15, 0.2) is 0 Å². The summed E-state index contributed by atoms with van der Waals surface area (Å²) in [5, 5.41) is 7.47. The molecule has 0 amide bonds. The fraction of sp³-hybridized carbons (Fsp3) is 0.533. The molecule has 1 aromatic rings. The van der Waals surface area contributed by atoms with E-state index in [4.69, 9.17) is 15.9 Å². The van der Waals surface area contributed by atoms with Crippen LogP contribution in [0.2, 0.25) is 0 Å². The first-order chi connectivity index (χ1) is 8.58. The minimum Gasteiger partial charge on any atom is -0.493 e. The summed E-state index contributed by atoms with van der Waals surface area (Å²) in [5.74, 6) is 1.80. The SMILES string of the molecule is Cc1cc(C(=N)N)cc(C)c1OCC1CCCC1. The predicted octanol–water partition coefficient (Wildman–Crippen LogP) is 3.16. The van der Waals surface area contributed by atoms with Crippen molar-refractivity contribution < 1.29 is 4.74 Å². The maximum atomic E-state index is 7.47. The van der Waals surface area contributed by atoms with Crippen LogP contribution in [0.3, 0.4) is 0 Å². The van der Waals surface area contributed by atoms with Gasteiger partial charge in [-0.15, -0.1) is 0 Å². The van der Waals surface area contributed by atoms with Crippen LogP contribution in [-0.2, 0) is 0 Å². The number of benzene rings is 1. The molecule has 1 fully saturated rings. The number of hydrogen-bond acceptors (Lipinski definition) is 2. The number of aryl methyl sites for hydroxylation is 2. The van der Waals surface area contributed by atoms with E-state index in [9.17, 15) is 0 Å². The first kappa shape index (κ1) is 12.9. The normalized spacial score (nSPS) is 15.9. The zero-order chi connectivity index (χ0) is 13.1. The zero-order valence-corrected chi connectivity index (χ0v) is 11.3. The van der Waals surface area contributed by atoms with E-state index in [0.717, 1.165) is 35.0 Å². The first-order valence-corrected chi connectivity index (χ1v) is 6.66. The van der Waals surface area contributed by atoms with Gasteiger partial charge in [0.25, 0.3) is 0 Å². The van der Waals surface area contributed by atoms with Crippen molar-refractivity contribution in [1.82, 2.24) is 0 Å². The van der Waals surface area contributed by atoms with Crippen LogP contribution in [0, 0.1) is 25.2 Å². The molecule has 2 rings (SSSR count). The van der Waals surface area contributed by atoms with Gasteiger partial charge in [-0.25, -0.2) is 0 Å².